The zero-order valence-electron chi connectivity index (χ0n) is 12.7. The van der Waals surface area contributed by atoms with Gasteiger partial charge in [-0.2, -0.15) is 0 Å². The van der Waals surface area contributed by atoms with Crippen LogP contribution >= 0.6 is 0 Å². The Morgan fingerprint density at radius 2 is 1.68 bits per heavy atom. The number of halogens is 1. The zero-order valence-corrected chi connectivity index (χ0v) is 12.7. The van der Waals surface area contributed by atoms with Crippen molar-refractivity contribution in [2.45, 2.75) is 25.5 Å². The lowest BCUT2D eigenvalue weighted by Gasteiger charge is -2.34. The third-order valence-corrected chi connectivity index (χ3v) is 3.84. The number of nitrogens with zero attached hydrogens (tertiary/aromatic N) is 1. The molecule has 0 heterocycles. The Morgan fingerprint density at radius 3 is 2.27 bits per heavy atom. The summed E-state index contributed by atoms with van der Waals surface area (Å²) >= 11 is 0. The number of hydrogen-bond acceptors (Lipinski definition) is 3. The molecule has 0 aliphatic rings. The molecule has 118 valence electrons. The molecular weight excluding hydrogens is 281 g/mol. The van der Waals surface area contributed by atoms with Crippen LogP contribution in [-0.2, 0) is 0 Å². The van der Waals surface area contributed by atoms with E-state index in [2.05, 4.69) is 0 Å². The molecule has 2 rings (SSSR count). The van der Waals surface area contributed by atoms with Gasteiger partial charge in [-0.25, -0.2) is 4.39 Å². The van der Waals surface area contributed by atoms with Gasteiger partial charge in [0.2, 0.25) is 0 Å². The maximum Gasteiger partial charge on any atom is 0.129 e. The first-order valence-electron chi connectivity index (χ1n) is 7.52. The molecule has 2 aromatic rings. The normalized spacial score (nSPS) is 13.6. The molecule has 4 heteroatoms. The van der Waals surface area contributed by atoms with Gasteiger partial charge >= 0.3 is 0 Å². The Bertz CT molecular complexity index is 572. The second-order valence-corrected chi connectivity index (χ2v) is 5.27. The zero-order chi connectivity index (χ0) is 15.9. The van der Waals surface area contributed by atoms with E-state index in [4.69, 9.17) is 0 Å². The van der Waals surface area contributed by atoms with Crippen LogP contribution in [0.5, 0.6) is 0 Å². The lowest BCUT2D eigenvalue weighted by Crippen LogP contribution is -2.40. The number of aliphatic hydroxyl groups excluding tert-OH is 2. The van der Waals surface area contributed by atoms with Crippen LogP contribution in [0.3, 0.4) is 0 Å². The predicted octanol–water partition coefficient (Wildman–Crippen LogP) is 3.14. The Hall–Kier alpha value is -1.91. The minimum absolute atomic E-state index is 0.0185. The Kier molecular flexibility index (Phi) is 5.92. The van der Waals surface area contributed by atoms with Crippen LogP contribution in [0.4, 0.5) is 10.1 Å². The molecule has 0 aromatic heterocycles. The van der Waals surface area contributed by atoms with E-state index in [1.54, 1.807) is 18.2 Å². The van der Waals surface area contributed by atoms with Gasteiger partial charge in [0.1, 0.15) is 5.82 Å². The van der Waals surface area contributed by atoms with Gasteiger partial charge in [-0.05, 0) is 24.6 Å². The molecule has 0 saturated carbocycles. The minimum Gasteiger partial charge on any atom is -0.394 e. The molecule has 3 nitrogen and oxygen atoms in total. The van der Waals surface area contributed by atoms with E-state index in [9.17, 15) is 14.6 Å². The maximum absolute atomic E-state index is 13.8. The second kappa shape index (κ2) is 7.92. The molecule has 0 amide bonds. The van der Waals surface area contributed by atoms with Crippen molar-refractivity contribution in [1.82, 2.24) is 0 Å². The van der Waals surface area contributed by atoms with Gasteiger partial charge in [0.25, 0.3) is 0 Å². The number of aliphatic hydroxyl groups is 2. The van der Waals surface area contributed by atoms with Gasteiger partial charge in [0, 0.05) is 17.8 Å². The van der Waals surface area contributed by atoms with Crippen molar-refractivity contribution in [2.24, 2.45) is 0 Å². The average Bonchev–Trinajstić information content (AvgIpc) is 2.56. The van der Waals surface area contributed by atoms with E-state index in [0.29, 0.717) is 0 Å². The highest BCUT2D eigenvalue weighted by Crippen LogP contribution is 2.24. The van der Waals surface area contributed by atoms with E-state index in [-0.39, 0.29) is 24.8 Å². The van der Waals surface area contributed by atoms with Gasteiger partial charge in [-0.1, -0.05) is 43.3 Å². The molecule has 0 bridgehead atoms. The van der Waals surface area contributed by atoms with Crippen LogP contribution in [0.1, 0.15) is 25.0 Å². The number of para-hydroxylation sites is 1. The number of anilines is 1. The maximum atomic E-state index is 13.8. The summed E-state index contributed by atoms with van der Waals surface area (Å²) in [7, 11) is 0. The first kappa shape index (κ1) is 16.5. The predicted molar refractivity (Wildman–Crippen MR) is 86.3 cm³/mol. The van der Waals surface area contributed by atoms with Crippen LogP contribution in [0, 0.1) is 5.82 Å². The monoisotopic (exact) mass is 303 g/mol. The molecule has 0 spiro atoms. The van der Waals surface area contributed by atoms with E-state index in [0.717, 1.165) is 12.1 Å². The number of benzene rings is 2. The van der Waals surface area contributed by atoms with Crippen molar-refractivity contribution in [1.29, 1.82) is 0 Å². The lowest BCUT2D eigenvalue weighted by molar-refractivity contribution is 0.168. The van der Waals surface area contributed by atoms with Gasteiger partial charge in [0.05, 0.1) is 18.8 Å². The minimum atomic E-state index is -0.956. The van der Waals surface area contributed by atoms with E-state index < -0.39 is 11.9 Å². The molecule has 2 unspecified atom stereocenters. The summed E-state index contributed by atoms with van der Waals surface area (Å²) < 4.78 is 13.8. The van der Waals surface area contributed by atoms with Crippen molar-refractivity contribution in [3.63, 3.8) is 0 Å². The van der Waals surface area contributed by atoms with E-state index in [1.807, 2.05) is 42.2 Å². The number of hydrogen-bond donors (Lipinski definition) is 2. The third-order valence-electron chi connectivity index (χ3n) is 3.84. The average molecular weight is 303 g/mol. The first-order chi connectivity index (χ1) is 10.7. The second-order valence-electron chi connectivity index (χ2n) is 5.27. The van der Waals surface area contributed by atoms with Crippen LogP contribution in [-0.4, -0.2) is 29.4 Å². The van der Waals surface area contributed by atoms with Gasteiger partial charge < -0.3 is 15.1 Å². The fourth-order valence-electron chi connectivity index (χ4n) is 2.56. The molecule has 2 N–H and O–H groups in total. The van der Waals surface area contributed by atoms with Crippen LogP contribution in [0.25, 0.3) is 0 Å². The number of rotatable bonds is 7. The summed E-state index contributed by atoms with van der Waals surface area (Å²) in [4.78, 5) is 1.93. The lowest BCUT2D eigenvalue weighted by atomic mass is 10.1. The van der Waals surface area contributed by atoms with Crippen LogP contribution in [0.15, 0.2) is 54.6 Å². The van der Waals surface area contributed by atoms with Crippen LogP contribution in [0.2, 0.25) is 0 Å². The molecule has 0 aliphatic carbocycles. The van der Waals surface area contributed by atoms with Gasteiger partial charge in [-0.15, -0.1) is 0 Å². The summed E-state index contributed by atoms with van der Waals surface area (Å²) in [5.41, 5.74) is 1.18. The van der Waals surface area contributed by atoms with E-state index >= 15 is 0 Å². The van der Waals surface area contributed by atoms with E-state index in [1.165, 1.54) is 6.07 Å². The molecule has 2 atom stereocenters. The van der Waals surface area contributed by atoms with Crippen LogP contribution < -0.4 is 4.90 Å². The van der Waals surface area contributed by atoms with Crippen molar-refractivity contribution >= 4 is 5.69 Å². The SMILES string of the molecule is CCC(CO)N(CC(O)c1ccccc1F)c1ccccc1. The molecule has 0 fully saturated rings. The summed E-state index contributed by atoms with van der Waals surface area (Å²) in [5.74, 6) is -0.417. The summed E-state index contributed by atoms with van der Waals surface area (Å²) in [6, 6.07) is 15.7. The topological polar surface area (TPSA) is 43.7 Å². The smallest absolute Gasteiger partial charge is 0.129 e. The molecular formula is C18H22FNO2. The van der Waals surface area contributed by atoms with Crippen molar-refractivity contribution in [3.8, 4) is 0 Å². The summed E-state index contributed by atoms with van der Waals surface area (Å²) in [6.45, 7) is 2.19. The highest BCUT2D eigenvalue weighted by Gasteiger charge is 2.22. The molecule has 0 aliphatic heterocycles. The molecule has 2 aromatic carbocycles. The molecule has 0 saturated heterocycles. The van der Waals surface area contributed by atoms with Gasteiger partial charge in [0.15, 0.2) is 0 Å². The van der Waals surface area contributed by atoms with Gasteiger partial charge in [-0.3, -0.25) is 0 Å². The highest BCUT2D eigenvalue weighted by molar-refractivity contribution is 5.47. The molecule has 22 heavy (non-hydrogen) atoms. The fraction of sp³-hybridized carbons (Fsp3) is 0.333. The Labute approximate surface area is 130 Å². The molecule has 0 radical (unpaired) electrons. The standard InChI is InChI=1S/C18H22FNO2/c1-2-14(13-21)20(15-8-4-3-5-9-15)12-18(22)16-10-6-7-11-17(16)19/h3-11,14,18,21-22H,2,12-13H2,1H3. The Balaban J connectivity index is 2.25. The summed E-state index contributed by atoms with van der Waals surface area (Å²) in [5, 5.41) is 20.0. The largest absolute Gasteiger partial charge is 0.394 e. The third kappa shape index (κ3) is 3.84. The summed E-state index contributed by atoms with van der Waals surface area (Å²) in [6.07, 6.45) is -0.225. The first-order valence-corrected chi connectivity index (χ1v) is 7.52. The quantitative estimate of drug-likeness (QED) is 0.826. The van der Waals surface area contributed by atoms with Crippen molar-refractivity contribution < 1.29 is 14.6 Å². The van der Waals surface area contributed by atoms with Crippen molar-refractivity contribution in [3.05, 3.63) is 66.0 Å². The van der Waals surface area contributed by atoms with Crippen molar-refractivity contribution in [2.75, 3.05) is 18.1 Å². The highest BCUT2D eigenvalue weighted by atomic mass is 19.1. The fourth-order valence-corrected chi connectivity index (χ4v) is 2.56. The Morgan fingerprint density at radius 1 is 1.05 bits per heavy atom.